The highest BCUT2D eigenvalue weighted by molar-refractivity contribution is 5.45. The van der Waals surface area contributed by atoms with Gasteiger partial charge in [0.1, 0.15) is 0 Å². The normalized spacial score (nSPS) is 18.9. The van der Waals surface area contributed by atoms with E-state index in [1.807, 2.05) is 0 Å². The molecule has 1 aromatic rings. The molecule has 2 rings (SSSR count). The van der Waals surface area contributed by atoms with E-state index in [9.17, 15) is 0 Å². The van der Waals surface area contributed by atoms with Crippen molar-refractivity contribution >= 4 is 5.69 Å². The van der Waals surface area contributed by atoms with Crippen molar-refractivity contribution in [3.05, 3.63) is 29.8 Å². The maximum Gasteiger partial charge on any atom is 0.0342 e. The summed E-state index contributed by atoms with van der Waals surface area (Å²) in [6.07, 6.45) is 12.6. The fourth-order valence-electron chi connectivity index (χ4n) is 4.51. The van der Waals surface area contributed by atoms with Crippen molar-refractivity contribution in [2.24, 2.45) is 23.7 Å². The summed E-state index contributed by atoms with van der Waals surface area (Å²) in [4.78, 5) is 0. The van der Waals surface area contributed by atoms with Crippen LogP contribution in [-0.4, -0.2) is 18.6 Å². The van der Waals surface area contributed by atoms with Crippen molar-refractivity contribution < 1.29 is 0 Å². The summed E-state index contributed by atoms with van der Waals surface area (Å²) in [6.45, 7) is 19.3. The molecular formula is C30H56N2. The molecule has 0 amide bonds. The molecule has 32 heavy (non-hydrogen) atoms. The first kappa shape index (κ1) is 29.0. The van der Waals surface area contributed by atoms with Crippen LogP contribution in [0.3, 0.4) is 0 Å². The molecule has 1 saturated carbocycles. The Bertz CT molecular complexity index is 531. The zero-order chi connectivity index (χ0) is 23.9. The lowest BCUT2D eigenvalue weighted by Gasteiger charge is -2.29. The summed E-state index contributed by atoms with van der Waals surface area (Å²) in [6, 6.07) is 10.0. The number of benzene rings is 1. The first-order valence-electron chi connectivity index (χ1n) is 13.7. The van der Waals surface area contributed by atoms with Crippen LogP contribution in [0, 0.1) is 23.7 Å². The Morgan fingerprint density at radius 1 is 0.719 bits per heavy atom. The largest absolute Gasteiger partial charge is 0.383 e. The number of nitrogens with one attached hydrogen (secondary N) is 2. The molecule has 2 heteroatoms. The number of hydrogen-bond acceptors (Lipinski definition) is 2. The predicted octanol–water partition coefficient (Wildman–Crippen LogP) is 8.71. The SMILES string of the molecule is CC(C)CCC1CCC(CNC(C)C)CC1.CC(C)CCCc1ccc(NC(C)C)cc1. The third-order valence-corrected chi connectivity index (χ3v) is 6.59. The second kappa shape index (κ2) is 16.6. The van der Waals surface area contributed by atoms with Gasteiger partial charge in [0.25, 0.3) is 0 Å². The zero-order valence-electron chi connectivity index (χ0n) is 22.8. The van der Waals surface area contributed by atoms with Crippen molar-refractivity contribution in [1.82, 2.24) is 5.32 Å². The Hall–Kier alpha value is -1.02. The van der Waals surface area contributed by atoms with Crippen LogP contribution in [0.25, 0.3) is 0 Å². The van der Waals surface area contributed by atoms with Gasteiger partial charge in [0.05, 0.1) is 0 Å². The van der Waals surface area contributed by atoms with Gasteiger partial charge in [0.15, 0.2) is 0 Å². The molecule has 1 fully saturated rings. The third-order valence-electron chi connectivity index (χ3n) is 6.59. The van der Waals surface area contributed by atoms with Crippen molar-refractivity contribution in [2.45, 2.75) is 125 Å². The van der Waals surface area contributed by atoms with Crippen LogP contribution in [0.4, 0.5) is 5.69 Å². The third kappa shape index (κ3) is 14.9. The molecular weight excluding hydrogens is 388 g/mol. The summed E-state index contributed by atoms with van der Waals surface area (Å²) in [5.74, 6) is 3.71. The van der Waals surface area contributed by atoms with E-state index >= 15 is 0 Å². The molecule has 1 aliphatic carbocycles. The molecule has 0 unspecified atom stereocenters. The van der Waals surface area contributed by atoms with Crippen LogP contribution >= 0.6 is 0 Å². The molecule has 0 atom stereocenters. The van der Waals surface area contributed by atoms with E-state index in [0.717, 1.165) is 23.7 Å². The molecule has 0 bridgehead atoms. The van der Waals surface area contributed by atoms with Gasteiger partial charge in [0, 0.05) is 17.8 Å². The molecule has 0 spiro atoms. The smallest absolute Gasteiger partial charge is 0.0342 e. The first-order valence-corrected chi connectivity index (χ1v) is 13.7. The molecule has 0 radical (unpaired) electrons. The lowest BCUT2D eigenvalue weighted by molar-refractivity contribution is 0.245. The van der Waals surface area contributed by atoms with Gasteiger partial charge in [-0.05, 0) is 87.4 Å². The maximum atomic E-state index is 3.58. The van der Waals surface area contributed by atoms with E-state index in [4.69, 9.17) is 0 Å². The molecule has 0 saturated heterocycles. The average Bonchev–Trinajstić information content (AvgIpc) is 2.72. The molecule has 0 aromatic heterocycles. The minimum Gasteiger partial charge on any atom is -0.383 e. The van der Waals surface area contributed by atoms with Gasteiger partial charge in [-0.1, -0.05) is 85.8 Å². The van der Waals surface area contributed by atoms with Crippen LogP contribution in [0.5, 0.6) is 0 Å². The summed E-state index contributed by atoms with van der Waals surface area (Å²) in [5, 5.41) is 6.99. The van der Waals surface area contributed by atoms with E-state index in [1.165, 1.54) is 75.6 Å². The van der Waals surface area contributed by atoms with E-state index in [0.29, 0.717) is 12.1 Å². The van der Waals surface area contributed by atoms with Gasteiger partial charge < -0.3 is 10.6 Å². The molecule has 2 nitrogen and oxygen atoms in total. The fraction of sp³-hybridized carbons (Fsp3) is 0.800. The van der Waals surface area contributed by atoms with Crippen LogP contribution in [0.1, 0.15) is 112 Å². The summed E-state index contributed by atoms with van der Waals surface area (Å²) < 4.78 is 0. The van der Waals surface area contributed by atoms with E-state index in [1.54, 1.807) is 0 Å². The van der Waals surface area contributed by atoms with E-state index in [2.05, 4.69) is 90.3 Å². The summed E-state index contributed by atoms with van der Waals surface area (Å²) in [5.41, 5.74) is 2.68. The van der Waals surface area contributed by atoms with Gasteiger partial charge in [-0.3, -0.25) is 0 Å². The van der Waals surface area contributed by atoms with Crippen molar-refractivity contribution in [3.63, 3.8) is 0 Å². The highest BCUT2D eigenvalue weighted by atomic mass is 14.9. The van der Waals surface area contributed by atoms with Crippen molar-refractivity contribution in [1.29, 1.82) is 0 Å². The lowest BCUT2D eigenvalue weighted by atomic mass is 9.79. The fourth-order valence-corrected chi connectivity index (χ4v) is 4.51. The second-order valence-corrected chi connectivity index (χ2v) is 11.7. The summed E-state index contributed by atoms with van der Waals surface area (Å²) >= 11 is 0. The Morgan fingerprint density at radius 2 is 1.28 bits per heavy atom. The zero-order valence-corrected chi connectivity index (χ0v) is 22.8. The van der Waals surface area contributed by atoms with Crippen molar-refractivity contribution in [3.8, 4) is 0 Å². The number of hydrogen-bond donors (Lipinski definition) is 2. The second-order valence-electron chi connectivity index (χ2n) is 11.7. The van der Waals surface area contributed by atoms with Gasteiger partial charge in [-0.25, -0.2) is 0 Å². The molecule has 186 valence electrons. The van der Waals surface area contributed by atoms with Gasteiger partial charge in [0.2, 0.25) is 0 Å². The molecule has 0 heterocycles. The minimum absolute atomic E-state index is 0.506. The highest BCUT2D eigenvalue weighted by Gasteiger charge is 2.20. The van der Waals surface area contributed by atoms with Crippen LogP contribution < -0.4 is 10.6 Å². The Balaban J connectivity index is 0.000000320. The Morgan fingerprint density at radius 3 is 1.78 bits per heavy atom. The summed E-state index contributed by atoms with van der Waals surface area (Å²) in [7, 11) is 0. The van der Waals surface area contributed by atoms with E-state index in [-0.39, 0.29) is 0 Å². The quantitative estimate of drug-likeness (QED) is 0.337. The monoisotopic (exact) mass is 444 g/mol. The van der Waals surface area contributed by atoms with Gasteiger partial charge in [-0.15, -0.1) is 0 Å². The van der Waals surface area contributed by atoms with Crippen LogP contribution in [0.2, 0.25) is 0 Å². The first-order chi connectivity index (χ1) is 15.2. The standard InChI is InChI=1S/C15H31N.C15H25N/c1-12(2)5-6-14-7-9-15(10-8-14)11-16-13(3)4;1-12(2)6-5-7-14-8-10-15(11-9-14)16-13(3)4/h12-16H,5-11H2,1-4H3;8-13,16H,5-7H2,1-4H3. The van der Waals surface area contributed by atoms with Crippen LogP contribution in [-0.2, 0) is 6.42 Å². The topological polar surface area (TPSA) is 24.1 Å². The Labute approximate surface area is 201 Å². The highest BCUT2D eigenvalue weighted by Crippen LogP contribution is 2.32. The molecule has 0 aliphatic heterocycles. The van der Waals surface area contributed by atoms with Gasteiger partial charge >= 0.3 is 0 Å². The lowest BCUT2D eigenvalue weighted by Crippen LogP contribution is -2.31. The maximum absolute atomic E-state index is 3.58. The van der Waals surface area contributed by atoms with Crippen molar-refractivity contribution in [2.75, 3.05) is 11.9 Å². The number of rotatable bonds is 12. The predicted molar refractivity (Wildman–Crippen MR) is 146 cm³/mol. The molecule has 2 N–H and O–H groups in total. The number of aryl methyl sites for hydroxylation is 1. The minimum atomic E-state index is 0.506. The van der Waals surface area contributed by atoms with Gasteiger partial charge in [-0.2, -0.15) is 0 Å². The number of anilines is 1. The van der Waals surface area contributed by atoms with E-state index < -0.39 is 0 Å². The Kier molecular flexibility index (Phi) is 15.0. The molecule has 1 aromatic carbocycles. The molecule has 1 aliphatic rings. The average molecular weight is 445 g/mol. The van der Waals surface area contributed by atoms with Crippen LogP contribution in [0.15, 0.2) is 24.3 Å².